The fourth-order valence-corrected chi connectivity index (χ4v) is 1.64. The highest BCUT2D eigenvalue weighted by Gasteiger charge is 2.15. The van der Waals surface area contributed by atoms with Crippen LogP contribution in [-0.2, 0) is 0 Å². The number of nitrogens with zero attached hydrogens (tertiary/aromatic N) is 2. The molecule has 4 nitrogen and oxygen atoms in total. The molecule has 5 heteroatoms. The summed E-state index contributed by atoms with van der Waals surface area (Å²) in [5.74, 6) is -1.03. The van der Waals surface area contributed by atoms with Crippen LogP contribution in [-0.4, -0.2) is 20.9 Å². The lowest BCUT2D eigenvalue weighted by atomic mass is 10.1. The highest BCUT2D eigenvalue weighted by Crippen LogP contribution is 2.19. The average molecular weight is 225 g/mol. The Morgan fingerprint density at radius 1 is 1.53 bits per heavy atom. The highest BCUT2D eigenvalue weighted by atomic mass is 35.5. The molecule has 0 spiro atoms. The lowest BCUT2D eigenvalue weighted by molar-refractivity contribution is 0.0687. The van der Waals surface area contributed by atoms with Crippen LogP contribution in [0.4, 0.5) is 0 Å². The molecule has 2 rings (SSSR count). The predicted octanol–water partition coefficient (Wildman–Crippen LogP) is 2.43. The molecular formula is C10H9ClN2O2. The first-order chi connectivity index (χ1) is 7.18. The van der Waals surface area contributed by atoms with Crippen molar-refractivity contribution in [3.8, 4) is 0 Å². The molecule has 0 aliphatic heterocycles. The lowest BCUT2D eigenvalue weighted by Crippen LogP contribution is -2.09. The molecule has 0 saturated heterocycles. The van der Waals surface area contributed by atoms with E-state index in [4.69, 9.17) is 16.7 Å². The predicted molar refractivity (Wildman–Crippen MR) is 56.8 cm³/mol. The topological polar surface area (TPSA) is 55.1 Å². The molecule has 1 N–H and O–H groups in total. The van der Waals surface area contributed by atoms with E-state index in [1.807, 2.05) is 18.2 Å². The van der Waals surface area contributed by atoms with Crippen LogP contribution in [0.3, 0.4) is 0 Å². The molecule has 78 valence electrons. The van der Waals surface area contributed by atoms with E-state index in [0.29, 0.717) is 0 Å². The van der Waals surface area contributed by atoms with E-state index in [9.17, 15) is 4.79 Å². The normalized spacial score (nSPS) is 15.1. The molecule has 0 amide bonds. The molecule has 0 bridgehead atoms. The van der Waals surface area contributed by atoms with Gasteiger partial charge in [-0.2, -0.15) is 5.10 Å². The Balaban J connectivity index is 2.47. The maximum Gasteiger partial charge on any atom is 0.354 e. The van der Waals surface area contributed by atoms with Gasteiger partial charge in [-0.1, -0.05) is 23.8 Å². The van der Waals surface area contributed by atoms with E-state index in [0.717, 1.165) is 18.5 Å². The van der Waals surface area contributed by atoms with Gasteiger partial charge in [-0.05, 0) is 18.9 Å². The van der Waals surface area contributed by atoms with Crippen molar-refractivity contribution in [2.75, 3.05) is 0 Å². The molecule has 0 radical (unpaired) electrons. The van der Waals surface area contributed by atoms with Crippen molar-refractivity contribution < 1.29 is 9.90 Å². The fraction of sp³-hybridized carbons (Fsp3) is 0.200. The first-order valence-corrected chi connectivity index (χ1v) is 4.92. The molecule has 15 heavy (non-hydrogen) atoms. The second-order valence-corrected chi connectivity index (χ2v) is 3.57. The summed E-state index contributed by atoms with van der Waals surface area (Å²) in [4.78, 5) is 10.9. The van der Waals surface area contributed by atoms with Gasteiger partial charge in [0.1, 0.15) is 0 Å². The van der Waals surface area contributed by atoms with E-state index >= 15 is 0 Å². The number of hydrogen-bond acceptors (Lipinski definition) is 2. The SMILES string of the molecule is O=C(O)c1cc(Cl)nn1C1=CCCC=C1. The molecular weight excluding hydrogens is 216 g/mol. The second-order valence-electron chi connectivity index (χ2n) is 3.18. The number of aromatic carboxylic acids is 1. The Morgan fingerprint density at radius 3 is 2.93 bits per heavy atom. The highest BCUT2D eigenvalue weighted by molar-refractivity contribution is 6.29. The Bertz CT molecular complexity index is 460. The van der Waals surface area contributed by atoms with Gasteiger partial charge in [0.15, 0.2) is 10.8 Å². The van der Waals surface area contributed by atoms with Crippen LogP contribution < -0.4 is 0 Å². The molecule has 0 unspecified atom stereocenters. The third-order valence-corrected chi connectivity index (χ3v) is 2.30. The molecule has 1 aromatic rings. The quantitative estimate of drug-likeness (QED) is 0.840. The summed E-state index contributed by atoms with van der Waals surface area (Å²) in [7, 11) is 0. The van der Waals surface area contributed by atoms with Crippen LogP contribution in [0.5, 0.6) is 0 Å². The van der Waals surface area contributed by atoms with E-state index in [1.54, 1.807) is 0 Å². The van der Waals surface area contributed by atoms with Gasteiger partial charge in [-0.25, -0.2) is 9.48 Å². The monoisotopic (exact) mass is 224 g/mol. The van der Waals surface area contributed by atoms with Crippen molar-refractivity contribution in [2.45, 2.75) is 12.8 Å². The number of carbonyl (C=O) groups is 1. The van der Waals surface area contributed by atoms with E-state index in [-0.39, 0.29) is 10.8 Å². The number of halogens is 1. The van der Waals surface area contributed by atoms with Crippen molar-refractivity contribution >= 4 is 23.3 Å². The molecule has 1 heterocycles. The van der Waals surface area contributed by atoms with Crippen LogP contribution in [0.25, 0.3) is 5.70 Å². The summed E-state index contributed by atoms with van der Waals surface area (Å²) in [5.41, 5.74) is 0.836. The number of carboxylic acid groups (broad SMARTS) is 1. The summed E-state index contributed by atoms with van der Waals surface area (Å²) >= 11 is 5.68. The minimum atomic E-state index is -1.03. The van der Waals surface area contributed by atoms with Crippen molar-refractivity contribution in [3.05, 3.63) is 35.1 Å². The van der Waals surface area contributed by atoms with Gasteiger partial charge in [0.2, 0.25) is 0 Å². The first kappa shape index (κ1) is 9.98. The van der Waals surface area contributed by atoms with Gasteiger partial charge in [0.05, 0.1) is 5.70 Å². The molecule has 1 aromatic heterocycles. The van der Waals surface area contributed by atoms with Crippen molar-refractivity contribution in [1.29, 1.82) is 0 Å². The molecule has 1 aliphatic rings. The Hall–Kier alpha value is -1.55. The summed E-state index contributed by atoms with van der Waals surface area (Å²) < 4.78 is 1.35. The fourth-order valence-electron chi connectivity index (χ4n) is 1.46. The van der Waals surface area contributed by atoms with Crippen molar-refractivity contribution in [2.24, 2.45) is 0 Å². The zero-order valence-electron chi connectivity index (χ0n) is 7.85. The summed E-state index contributed by atoms with van der Waals surface area (Å²) in [6, 6.07) is 1.34. The number of aromatic nitrogens is 2. The third-order valence-electron chi connectivity index (χ3n) is 2.12. The average Bonchev–Trinajstić information content (AvgIpc) is 2.62. The van der Waals surface area contributed by atoms with Crippen LogP contribution in [0, 0.1) is 0 Å². The van der Waals surface area contributed by atoms with Crippen LogP contribution in [0.15, 0.2) is 24.3 Å². The van der Waals surface area contributed by atoms with Crippen LogP contribution in [0.1, 0.15) is 23.3 Å². The Morgan fingerprint density at radius 2 is 2.33 bits per heavy atom. The number of carboxylic acids is 1. The van der Waals surface area contributed by atoms with Crippen LogP contribution >= 0.6 is 11.6 Å². The summed E-state index contributed by atoms with van der Waals surface area (Å²) in [6.45, 7) is 0. The molecule has 1 aliphatic carbocycles. The van der Waals surface area contributed by atoms with Crippen molar-refractivity contribution in [3.63, 3.8) is 0 Å². The number of hydrogen-bond donors (Lipinski definition) is 1. The Kier molecular flexibility index (Phi) is 2.60. The molecule has 0 saturated carbocycles. The Labute approximate surface area is 91.5 Å². The number of rotatable bonds is 2. The van der Waals surface area contributed by atoms with E-state index in [1.165, 1.54) is 10.7 Å². The van der Waals surface area contributed by atoms with Gasteiger partial charge in [-0.15, -0.1) is 0 Å². The molecule has 0 atom stereocenters. The maximum atomic E-state index is 10.9. The third kappa shape index (κ3) is 1.94. The van der Waals surface area contributed by atoms with Gasteiger partial charge in [-0.3, -0.25) is 0 Å². The van der Waals surface area contributed by atoms with Crippen LogP contribution in [0.2, 0.25) is 5.15 Å². The zero-order valence-corrected chi connectivity index (χ0v) is 8.61. The van der Waals surface area contributed by atoms with E-state index in [2.05, 4.69) is 5.10 Å². The first-order valence-electron chi connectivity index (χ1n) is 4.54. The van der Waals surface area contributed by atoms with Gasteiger partial charge < -0.3 is 5.11 Å². The van der Waals surface area contributed by atoms with Gasteiger partial charge >= 0.3 is 5.97 Å². The van der Waals surface area contributed by atoms with Gasteiger partial charge in [0.25, 0.3) is 0 Å². The minimum absolute atomic E-state index is 0.0813. The zero-order chi connectivity index (χ0) is 10.8. The minimum Gasteiger partial charge on any atom is -0.477 e. The lowest BCUT2D eigenvalue weighted by Gasteiger charge is -2.08. The van der Waals surface area contributed by atoms with Crippen molar-refractivity contribution in [1.82, 2.24) is 9.78 Å². The number of allylic oxidation sites excluding steroid dienone is 4. The smallest absolute Gasteiger partial charge is 0.354 e. The molecule has 0 aromatic carbocycles. The van der Waals surface area contributed by atoms with E-state index < -0.39 is 5.97 Å². The molecule has 0 fully saturated rings. The maximum absolute atomic E-state index is 10.9. The van der Waals surface area contributed by atoms with Gasteiger partial charge in [0, 0.05) is 6.07 Å². The summed E-state index contributed by atoms with van der Waals surface area (Å²) in [5, 5.41) is 13.1. The largest absolute Gasteiger partial charge is 0.477 e. The standard InChI is InChI=1S/C10H9ClN2O2/c11-9-6-8(10(14)15)13(12-9)7-4-2-1-3-5-7/h2,4-6H,1,3H2,(H,14,15). The summed E-state index contributed by atoms with van der Waals surface area (Å²) in [6.07, 6.45) is 7.63. The second kappa shape index (κ2) is 3.90.